The predicted octanol–water partition coefficient (Wildman–Crippen LogP) is -0.114. The lowest BCUT2D eigenvalue weighted by Crippen LogP contribution is -2.66. The molecule has 0 aromatic carbocycles. The van der Waals surface area contributed by atoms with Crippen LogP contribution in [0, 0.1) is 0 Å². The monoisotopic (exact) mass is 694 g/mol. The van der Waals surface area contributed by atoms with Crippen LogP contribution in [-0.2, 0) is 85.7 Å². The highest BCUT2D eigenvalue weighted by Gasteiger charge is 2.57. The molecule has 0 unspecified atom stereocenters. The van der Waals surface area contributed by atoms with Crippen LogP contribution in [0.15, 0.2) is 0 Å². The van der Waals surface area contributed by atoms with E-state index in [-0.39, 0.29) is 0 Å². The molecule has 18 nitrogen and oxygen atoms in total. The fourth-order valence-corrected chi connectivity index (χ4v) is 5.60. The molecular weight excluding hydrogens is 656 g/mol. The van der Waals surface area contributed by atoms with Crippen LogP contribution in [0.4, 0.5) is 0 Å². The van der Waals surface area contributed by atoms with Gasteiger partial charge in [-0.15, -0.1) is 0 Å². The SMILES string of the molecule is CC(=O)OC[C@H]1O[C@@H](O[C@H]2[C@H](OC(C)=O)[C@@H](OC(C)=O)[C@H](SC(C)=O)O[C@@H]2COC(C)=O)[C@H](OC(C)=O)[C@@H](OC(C)=O)[C@H]1OC(C)=O. The Morgan fingerprint density at radius 1 is 0.468 bits per heavy atom. The first-order valence-corrected chi connectivity index (χ1v) is 15.0. The van der Waals surface area contributed by atoms with E-state index in [1.807, 2.05) is 0 Å². The van der Waals surface area contributed by atoms with Crippen LogP contribution in [-0.4, -0.2) is 121 Å². The summed E-state index contributed by atoms with van der Waals surface area (Å²) in [6, 6.07) is 0. The topological polar surface area (TPSA) is 229 Å². The molecule has 47 heavy (non-hydrogen) atoms. The Labute approximate surface area is 273 Å². The molecular formula is C28H38O18S. The molecule has 0 aromatic rings. The highest BCUT2D eigenvalue weighted by Crippen LogP contribution is 2.37. The van der Waals surface area contributed by atoms with Crippen LogP contribution in [0.3, 0.4) is 0 Å². The number of carbonyl (C=O) groups excluding carboxylic acids is 8. The second-order valence-electron chi connectivity index (χ2n) is 10.3. The minimum Gasteiger partial charge on any atom is -0.463 e. The summed E-state index contributed by atoms with van der Waals surface area (Å²) in [6.07, 6.45) is -14.0. The molecule has 2 aliphatic rings. The average molecular weight is 695 g/mol. The van der Waals surface area contributed by atoms with Gasteiger partial charge in [0.25, 0.3) is 0 Å². The zero-order valence-corrected chi connectivity index (χ0v) is 27.8. The molecule has 2 aliphatic heterocycles. The van der Waals surface area contributed by atoms with Gasteiger partial charge >= 0.3 is 41.8 Å². The lowest BCUT2D eigenvalue weighted by Gasteiger charge is -2.48. The molecule has 0 N–H and O–H groups in total. The van der Waals surface area contributed by atoms with Crippen LogP contribution in [0.25, 0.3) is 0 Å². The first-order chi connectivity index (χ1) is 21.9. The maximum Gasteiger partial charge on any atom is 0.303 e. The summed E-state index contributed by atoms with van der Waals surface area (Å²) in [7, 11) is 0. The number of rotatable bonds is 12. The quantitative estimate of drug-likeness (QED) is 0.192. The Hall–Kier alpha value is -3.81. The van der Waals surface area contributed by atoms with Gasteiger partial charge in [-0.3, -0.25) is 38.4 Å². The summed E-state index contributed by atoms with van der Waals surface area (Å²) in [5.74, 6) is -5.93. The van der Waals surface area contributed by atoms with Gasteiger partial charge in [-0.25, -0.2) is 0 Å². The van der Waals surface area contributed by atoms with Crippen LogP contribution < -0.4 is 0 Å². The van der Waals surface area contributed by atoms with E-state index in [4.69, 9.17) is 47.4 Å². The van der Waals surface area contributed by atoms with Gasteiger partial charge in [0.05, 0.1) is 0 Å². The van der Waals surface area contributed by atoms with E-state index >= 15 is 0 Å². The van der Waals surface area contributed by atoms with Crippen LogP contribution in [0.5, 0.6) is 0 Å². The van der Waals surface area contributed by atoms with Crippen LogP contribution in [0.1, 0.15) is 55.4 Å². The molecule has 10 atom stereocenters. The molecule has 0 bridgehead atoms. The van der Waals surface area contributed by atoms with Crippen molar-refractivity contribution in [3.05, 3.63) is 0 Å². The maximum absolute atomic E-state index is 12.3. The van der Waals surface area contributed by atoms with Gasteiger partial charge in [-0.1, -0.05) is 11.8 Å². The number of hydrogen-bond donors (Lipinski definition) is 0. The zero-order valence-electron chi connectivity index (χ0n) is 26.9. The summed E-state index contributed by atoms with van der Waals surface area (Å²) in [5, 5.41) is -0.473. The molecule has 0 amide bonds. The maximum atomic E-state index is 12.3. The van der Waals surface area contributed by atoms with Crippen molar-refractivity contribution >= 4 is 58.7 Å². The van der Waals surface area contributed by atoms with Crippen molar-refractivity contribution in [1.82, 2.24) is 0 Å². The Morgan fingerprint density at radius 3 is 1.28 bits per heavy atom. The van der Waals surface area contributed by atoms with Gasteiger partial charge in [0.15, 0.2) is 47.4 Å². The Balaban J connectivity index is 2.73. The van der Waals surface area contributed by atoms with Gasteiger partial charge < -0.3 is 47.4 Å². The summed E-state index contributed by atoms with van der Waals surface area (Å²) >= 11 is 0.594. The second-order valence-corrected chi connectivity index (χ2v) is 11.5. The van der Waals surface area contributed by atoms with Crippen molar-refractivity contribution in [2.75, 3.05) is 13.2 Å². The molecule has 0 spiro atoms. The Bertz CT molecular complexity index is 1200. The number of thioether (sulfide) groups is 1. The van der Waals surface area contributed by atoms with Crippen molar-refractivity contribution < 1.29 is 85.7 Å². The minimum absolute atomic E-state index is 0.473. The smallest absolute Gasteiger partial charge is 0.303 e. The number of ether oxygens (including phenoxy) is 10. The van der Waals surface area contributed by atoms with E-state index in [1.165, 1.54) is 6.92 Å². The van der Waals surface area contributed by atoms with E-state index in [2.05, 4.69) is 0 Å². The highest BCUT2D eigenvalue weighted by molar-refractivity contribution is 8.14. The first-order valence-electron chi connectivity index (χ1n) is 14.2. The van der Waals surface area contributed by atoms with E-state index in [1.54, 1.807) is 0 Å². The van der Waals surface area contributed by atoms with Gasteiger partial charge in [-0.05, 0) is 0 Å². The van der Waals surface area contributed by atoms with Crippen LogP contribution >= 0.6 is 11.8 Å². The van der Waals surface area contributed by atoms with Crippen molar-refractivity contribution in [3.63, 3.8) is 0 Å². The van der Waals surface area contributed by atoms with Crippen molar-refractivity contribution in [2.45, 2.75) is 116 Å². The minimum atomic E-state index is -1.79. The number of carbonyl (C=O) groups is 8. The second kappa shape index (κ2) is 17.9. The van der Waals surface area contributed by atoms with Gasteiger partial charge in [0.2, 0.25) is 0 Å². The third-order valence-corrected chi connectivity index (χ3v) is 7.11. The number of esters is 7. The molecule has 264 valence electrons. The molecule has 0 radical (unpaired) electrons. The predicted molar refractivity (Wildman–Crippen MR) is 152 cm³/mol. The van der Waals surface area contributed by atoms with Gasteiger partial charge in [0.1, 0.15) is 31.5 Å². The Kier molecular flexibility index (Phi) is 15.0. The largest absolute Gasteiger partial charge is 0.463 e. The molecule has 0 aliphatic carbocycles. The third-order valence-electron chi connectivity index (χ3n) is 6.17. The molecule has 2 fully saturated rings. The molecule has 0 saturated carbocycles. The fraction of sp³-hybridized carbons (Fsp3) is 0.714. The molecule has 2 saturated heterocycles. The fourth-order valence-electron chi connectivity index (χ4n) is 4.73. The summed E-state index contributed by atoms with van der Waals surface area (Å²) < 4.78 is 55.5. The summed E-state index contributed by atoms with van der Waals surface area (Å²) in [6.45, 7) is 7.47. The van der Waals surface area contributed by atoms with Crippen molar-refractivity contribution in [3.8, 4) is 0 Å². The molecule has 0 aromatic heterocycles. The zero-order chi connectivity index (χ0) is 35.6. The lowest BCUT2D eigenvalue weighted by atomic mass is 9.96. The van der Waals surface area contributed by atoms with E-state index in [0.29, 0.717) is 11.8 Å². The molecule has 2 rings (SSSR count). The summed E-state index contributed by atoms with van der Waals surface area (Å²) in [4.78, 5) is 96.6. The highest BCUT2D eigenvalue weighted by atomic mass is 32.2. The van der Waals surface area contributed by atoms with E-state index in [9.17, 15) is 38.4 Å². The first kappa shape index (κ1) is 39.4. The lowest BCUT2D eigenvalue weighted by molar-refractivity contribution is -0.341. The third kappa shape index (κ3) is 12.4. The molecule has 2 heterocycles. The van der Waals surface area contributed by atoms with Gasteiger partial charge in [0, 0.05) is 55.4 Å². The number of hydrogen-bond acceptors (Lipinski definition) is 19. The van der Waals surface area contributed by atoms with Crippen LogP contribution in [0.2, 0.25) is 0 Å². The standard InChI is InChI=1S/C28H38O18S/c1-11(29)37-9-19-21(39-13(3)31)23(40-14(4)32)25(42-16(6)34)27(44-19)46-22-20(10-38-12(2)30)45-28(47-18(8)36)26(43-17(7)35)24(22)41-15(5)33/h19-28H,9-10H2,1-8H3/t19-,20-,21+,22-,23+,24+,25-,26-,27+,28+/m1/s1. The normalized spacial score (nSPS) is 30.1. The summed E-state index contributed by atoms with van der Waals surface area (Å²) in [5.41, 5.74) is -1.29. The van der Waals surface area contributed by atoms with Crippen molar-refractivity contribution in [2.24, 2.45) is 0 Å². The van der Waals surface area contributed by atoms with Gasteiger partial charge in [-0.2, -0.15) is 0 Å². The van der Waals surface area contributed by atoms with E-state index < -0.39 is 121 Å². The molecule has 19 heteroatoms. The van der Waals surface area contributed by atoms with Crippen molar-refractivity contribution in [1.29, 1.82) is 0 Å². The Morgan fingerprint density at radius 2 is 0.851 bits per heavy atom. The van der Waals surface area contributed by atoms with E-state index in [0.717, 1.165) is 48.5 Å². The average Bonchev–Trinajstić information content (AvgIpc) is 2.91.